The van der Waals surface area contributed by atoms with E-state index in [0.717, 1.165) is 6.54 Å². The van der Waals surface area contributed by atoms with Crippen LogP contribution in [0.2, 0.25) is 0 Å². The number of carbonyl (C=O) groups excluding carboxylic acids is 1. The van der Waals surface area contributed by atoms with Crippen LogP contribution in [-0.4, -0.2) is 31.7 Å². The largest absolute Gasteiger partial charge is 0.478 e. The van der Waals surface area contributed by atoms with Gasteiger partial charge in [-0.3, -0.25) is 9.48 Å². The van der Waals surface area contributed by atoms with Gasteiger partial charge in [0.05, 0.1) is 5.56 Å². The van der Waals surface area contributed by atoms with Crippen LogP contribution in [0.1, 0.15) is 40.1 Å². The fraction of sp³-hybridized carbons (Fsp3) is 0.278. The molecule has 2 heterocycles. The van der Waals surface area contributed by atoms with E-state index >= 15 is 0 Å². The van der Waals surface area contributed by atoms with Gasteiger partial charge in [0.25, 0.3) is 5.91 Å². The Morgan fingerprint density at radius 2 is 2.16 bits per heavy atom. The van der Waals surface area contributed by atoms with E-state index in [1.54, 1.807) is 35.1 Å². The quantitative estimate of drug-likeness (QED) is 0.665. The number of aromatic amines is 1. The molecule has 128 valence electrons. The van der Waals surface area contributed by atoms with Crippen LogP contribution in [0, 0.1) is 5.92 Å². The molecule has 7 heteroatoms. The molecule has 1 aromatic carbocycles. The third-order valence-electron chi connectivity index (χ3n) is 4.78. The first-order chi connectivity index (χ1) is 12.1. The Labute approximate surface area is 143 Å². The van der Waals surface area contributed by atoms with E-state index < -0.39 is 5.97 Å². The van der Waals surface area contributed by atoms with Gasteiger partial charge in [0, 0.05) is 35.5 Å². The first-order valence-electron chi connectivity index (χ1n) is 8.29. The van der Waals surface area contributed by atoms with E-state index in [0.29, 0.717) is 28.2 Å². The van der Waals surface area contributed by atoms with E-state index in [1.807, 2.05) is 0 Å². The van der Waals surface area contributed by atoms with Gasteiger partial charge in [0.15, 0.2) is 0 Å². The number of hydrogen-bond donors (Lipinski definition) is 3. The molecule has 0 unspecified atom stereocenters. The number of hydrogen-bond acceptors (Lipinski definition) is 3. The Kier molecular flexibility index (Phi) is 3.76. The number of benzene rings is 1. The summed E-state index contributed by atoms with van der Waals surface area (Å²) < 4.78 is 1.76. The van der Waals surface area contributed by atoms with Gasteiger partial charge < -0.3 is 15.4 Å². The van der Waals surface area contributed by atoms with Crippen LogP contribution in [0.4, 0.5) is 5.69 Å². The summed E-state index contributed by atoms with van der Waals surface area (Å²) in [6.07, 6.45) is 6.72. The highest BCUT2D eigenvalue weighted by Crippen LogP contribution is 2.28. The van der Waals surface area contributed by atoms with Gasteiger partial charge in [-0.25, -0.2) is 4.79 Å². The van der Waals surface area contributed by atoms with Gasteiger partial charge in [-0.05, 0) is 43.0 Å². The second-order valence-corrected chi connectivity index (χ2v) is 6.42. The Hall–Kier alpha value is -3.09. The molecule has 0 radical (unpaired) electrons. The number of H-pyrrole nitrogens is 1. The summed E-state index contributed by atoms with van der Waals surface area (Å²) in [7, 11) is 0. The van der Waals surface area contributed by atoms with Gasteiger partial charge in [0.1, 0.15) is 5.69 Å². The van der Waals surface area contributed by atoms with E-state index in [4.69, 9.17) is 5.11 Å². The zero-order valence-corrected chi connectivity index (χ0v) is 13.5. The minimum absolute atomic E-state index is 0.214. The highest BCUT2D eigenvalue weighted by molar-refractivity contribution is 6.06. The molecule has 3 aromatic rings. The Bertz CT molecular complexity index is 952. The lowest BCUT2D eigenvalue weighted by atomic mass is 9.85. The predicted molar refractivity (Wildman–Crippen MR) is 92.8 cm³/mol. The first kappa shape index (κ1) is 15.4. The molecule has 25 heavy (non-hydrogen) atoms. The molecule has 4 rings (SSSR count). The van der Waals surface area contributed by atoms with Crippen LogP contribution in [0.5, 0.6) is 0 Å². The summed E-state index contributed by atoms with van der Waals surface area (Å²) >= 11 is 0. The summed E-state index contributed by atoms with van der Waals surface area (Å²) in [6.45, 7) is 0.771. The van der Waals surface area contributed by atoms with Crippen molar-refractivity contribution >= 4 is 28.5 Å². The van der Waals surface area contributed by atoms with Gasteiger partial charge in [-0.15, -0.1) is 0 Å². The molecule has 3 N–H and O–H groups in total. The van der Waals surface area contributed by atoms with Gasteiger partial charge in [0.2, 0.25) is 0 Å². The number of fused-ring (bicyclic) bond motifs is 1. The maximum atomic E-state index is 12.6. The molecular formula is C18H18N4O3. The summed E-state index contributed by atoms with van der Waals surface area (Å²) in [5, 5.41) is 16.9. The lowest BCUT2D eigenvalue weighted by molar-refractivity contribution is 0.0699. The molecule has 0 spiro atoms. The van der Waals surface area contributed by atoms with Crippen molar-refractivity contribution in [2.75, 3.05) is 5.32 Å². The molecule has 1 fully saturated rings. The SMILES string of the molecule is O=C(O)c1c[nH]c2cc(NC(=O)c3ccnn3CC3CCC3)ccc12. The Balaban J connectivity index is 1.53. The third kappa shape index (κ3) is 2.88. The standard InChI is InChI=1S/C18H18N4O3/c23-17(16-6-7-20-22(16)10-11-2-1-3-11)21-12-4-5-13-14(18(24)25)9-19-15(13)8-12/h4-9,11,19H,1-3,10H2,(H,21,23)(H,24,25). The number of anilines is 1. The van der Waals surface area contributed by atoms with Crippen LogP contribution in [-0.2, 0) is 6.54 Å². The van der Waals surface area contributed by atoms with Crippen molar-refractivity contribution in [3.05, 3.63) is 47.9 Å². The minimum Gasteiger partial charge on any atom is -0.478 e. The fourth-order valence-electron chi connectivity index (χ4n) is 3.17. The van der Waals surface area contributed by atoms with E-state index in [-0.39, 0.29) is 11.5 Å². The summed E-state index contributed by atoms with van der Waals surface area (Å²) in [5.41, 5.74) is 2.02. The zero-order valence-electron chi connectivity index (χ0n) is 13.5. The molecule has 1 saturated carbocycles. The number of carboxylic acids is 1. The van der Waals surface area contributed by atoms with Gasteiger partial charge in [-0.1, -0.05) is 6.42 Å². The second kappa shape index (κ2) is 6.08. The maximum Gasteiger partial charge on any atom is 0.337 e. The number of carbonyl (C=O) groups is 2. The molecule has 1 amide bonds. The third-order valence-corrected chi connectivity index (χ3v) is 4.78. The smallest absolute Gasteiger partial charge is 0.337 e. The van der Waals surface area contributed by atoms with Crippen molar-refractivity contribution < 1.29 is 14.7 Å². The number of aromatic carboxylic acids is 1. The summed E-state index contributed by atoms with van der Waals surface area (Å²) in [6, 6.07) is 6.83. The summed E-state index contributed by atoms with van der Waals surface area (Å²) in [5.74, 6) is -0.597. The van der Waals surface area contributed by atoms with Crippen LogP contribution in [0.15, 0.2) is 36.7 Å². The van der Waals surface area contributed by atoms with Crippen LogP contribution in [0.25, 0.3) is 10.9 Å². The van der Waals surface area contributed by atoms with Gasteiger partial charge >= 0.3 is 5.97 Å². The molecule has 0 bridgehead atoms. The number of carboxylic acid groups (broad SMARTS) is 1. The van der Waals surface area contributed by atoms with Crippen molar-refractivity contribution in [1.29, 1.82) is 0 Å². The van der Waals surface area contributed by atoms with Crippen molar-refractivity contribution in [2.24, 2.45) is 5.92 Å². The van der Waals surface area contributed by atoms with Crippen molar-refractivity contribution in [3.63, 3.8) is 0 Å². The highest BCUT2D eigenvalue weighted by atomic mass is 16.4. The number of nitrogens with zero attached hydrogens (tertiary/aromatic N) is 2. The number of rotatable bonds is 5. The zero-order chi connectivity index (χ0) is 17.4. The lowest BCUT2D eigenvalue weighted by Gasteiger charge is -2.25. The van der Waals surface area contributed by atoms with E-state index in [2.05, 4.69) is 15.4 Å². The fourth-order valence-corrected chi connectivity index (χ4v) is 3.17. The monoisotopic (exact) mass is 338 g/mol. The topological polar surface area (TPSA) is 100 Å². The number of amides is 1. The Morgan fingerprint density at radius 3 is 2.88 bits per heavy atom. The van der Waals surface area contributed by atoms with E-state index in [1.165, 1.54) is 25.5 Å². The van der Waals surface area contributed by atoms with Crippen LogP contribution in [0.3, 0.4) is 0 Å². The van der Waals surface area contributed by atoms with Crippen molar-refractivity contribution in [3.8, 4) is 0 Å². The van der Waals surface area contributed by atoms with Crippen molar-refractivity contribution in [2.45, 2.75) is 25.8 Å². The molecule has 2 aromatic heterocycles. The average Bonchev–Trinajstić information content (AvgIpc) is 3.17. The molecule has 0 atom stereocenters. The van der Waals surface area contributed by atoms with Gasteiger partial charge in [-0.2, -0.15) is 5.10 Å². The molecular weight excluding hydrogens is 320 g/mol. The molecule has 7 nitrogen and oxygen atoms in total. The number of nitrogens with one attached hydrogen (secondary N) is 2. The average molecular weight is 338 g/mol. The molecule has 0 saturated heterocycles. The molecule has 0 aliphatic heterocycles. The summed E-state index contributed by atoms with van der Waals surface area (Å²) in [4.78, 5) is 26.6. The first-order valence-corrected chi connectivity index (χ1v) is 8.29. The van der Waals surface area contributed by atoms with Crippen LogP contribution < -0.4 is 5.32 Å². The lowest BCUT2D eigenvalue weighted by Crippen LogP contribution is -2.23. The molecule has 1 aliphatic carbocycles. The predicted octanol–water partition coefficient (Wildman–Crippen LogP) is 3.12. The van der Waals surface area contributed by atoms with Crippen molar-refractivity contribution in [1.82, 2.24) is 14.8 Å². The number of aromatic nitrogens is 3. The maximum absolute atomic E-state index is 12.6. The van der Waals surface area contributed by atoms with E-state index in [9.17, 15) is 9.59 Å². The highest BCUT2D eigenvalue weighted by Gasteiger charge is 2.21. The second-order valence-electron chi connectivity index (χ2n) is 6.42. The minimum atomic E-state index is -0.983. The Morgan fingerprint density at radius 1 is 1.32 bits per heavy atom. The normalized spacial score (nSPS) is 14.4. The molecule has 1 aliphatic rings. The van der Waals surface area contributed by atoms with Crippen LogP contribution >= 0.6 is 0 Å².